The van der Waals surface area contributed by atoms with Gasteiger partial charge in [-0.1, -0.05) is 0 Å². The first-order valence-electron chi connectivity index (χ1n) is 6.26. The number of hydrogen-bond acceptors (Lipinski definition) is 3. The van der Waals surface area contributed by atoms with Crippen molar-refractivity contribution in [3.63, 3.8) is 0 Å². The predicted octanol–water partition coefficient (Wildman–Crippen LogP) is 2.40. The second-order valence-electron chi connectivity index (χ2n) is 4.48. The predicted molar refractivity (Wildman–Crippen MR) is 73.1 cm³/mol. The third-order valence-corrected chi connectivity index (χ3v) is 3.10. The highest BCUT2D eigenvalue weighted by Gasteiger charge is 2.20. The number of furan rings is 1. The van der Waals surface area contributed by atoms with E-state index in [1.165, 1.54) is 30.7 Å². The van der Waals surface area contributed by atoms with Gasteiger partial charge in [-0.3, -0.25) is 9.59 Å². The zero-order chi connectivity index (χ0) is 14.8. The summed E-state index contributed by atoms with van der Waals surface area (Å²) in [5.74, 6) is -1.28. The third kappa shape index (κ3) is 2.55. The van der Waals surface area contributed by atoms with Gasteiger partial charge in [-0.15, -0.1) is 0 Å². The fraction of sp³-hybridized carbons (Fsp3) is 0.0667. The molecule has 2 aromatic heterocycles. The van der Waals surface area contributed by atoms with Crippen LogP contribution in [-0.4, -0.2) is 16.7 Å². The molecule has 0 aliphatic heterocycles. The molecule has 106 valence electrons. The second-order valence-corrected chi connectivity index (χ2v) is 4.48. The summed E-state index contributed by atoms with van der Waals surface area (Å²) >= 11 is 0. The Hall–Kier alpha value is -2.89. The lowest BCUT2D eigenvalue weighted by atomic mass is 10.1. The Balaban J connectivity index is 1.78. The van der Waals surface area contributed by atoms with Crippen molar-refractivity contribution in [3.05, 3.63) is 59.9 Å². The fourth-order valence-electron chi connectivity index (χ4n) is 2.07. The topological polar surface area (TPSA) is 75.1 Å². The van der Waals surface area contributed by atoms with Crippen LogP contribution in [-0.2, 0) is 11.3 Å². The summed E-state index contributed by atoms with van der Waals surface area (Å²) in [6.45, 7) is 0.133. The molecule has 1 amide bonds. The van der Waals surface area contributed by atoms with Crippen LogP contribution in [0.4, 0.5) is 4.39 Å². The van der Waals surface area contributed by atoms with Crippen molar-refractivity contribution in [2.24, 2.45) is 0 Å². The summed E-state index contributed by atoms with van der Waals surface area (Å²) in [5.41, 5.74) is 0.680. The van der Waals surface area contributed by atoms with Crippen molar-refractivity contribution < 1.29 is 18.4 Å². The lowest BCUT2D eigenvalue weighted by Gasteiger charge is -2.01. The van der Waals surface area contributed by atoms with Gasteiger partial charge >= 0.3 is 0 Å². The van der Waals surface area contributed by atoms with Crippen LogP contribution < -0.4 is 5.32 Å². The SMILES string of the molecule is O=C(NCc1ccco1)C(=O)c1c[nH]c2cc(F)ccc12. The van der Waals surface area contributed by atoms with Gasteiger partial charge in [0.2, 0.25) is 0 Å². The van der Waals surface area contributed by atoms with Crippen LogP contribution in [0.5, 0.6) is 0 Å². The number of H-pyrrole nitrogens is 1. The fourth-order valence-corrected chi connectivity index (χ4v) is 2.07. The van der Waals surface area contributed by atoms with Crippen LogP contribution >= 0.6 is 0 Å². The number of aromatic amines is 1. The van der Waals surface area contributed by atoms with Crippen molar-refractivity contribution in [1.82, 2.24) is 10.3 Å². The molecule has 0 fully saturated rings. The highest BCUT2D eigenvalue weighted by Crippen LogP contribution is 2.19. The van der Waals surface area contributed by atoms with Crippen LogP contribution in [0, 0.1) is 5.82 Å². The van der Waals surface area contributed by atoms with Gasteiger partial charge in [0.25, 0.3) is 11.7 Å². The molecule has 2 N–H and O–H groups in total. The quantitative estimate of drug-likeness (QED) is 0.571. The maximum absolute atomic E-state index is 13.1. The van der Waals surface area contributed by atoms with E-state index >= 15 is 0 Å². The minimum atomic E-state index is -0.739. The molecular weight excluding hydrogens is 275 g/mol. The Labute approximate surface area is 118 Å². The molecule has 6 heteroatoms. The van der Waals surface area contributed by atoms with Crippen LogP contribution in [0.3, 0.4) is 0 Å². The molecule has 2 heterocycles. The Bertz CT molecular complexity index is 806. The molecular formula is C15H11FN2O3. The number of aromatic nitrogens is 1. The maximum Gasteiger partial charge on any atom is 0.292 e. The van der Waals surface area contributed by atoms with Gasteiger partial charge in [0, 0.05) is 17.1 Å². The Morgan fingerprint density at radius 2 is 2.14 bits per heavy atom. The molecule has 0 saturated heterocycles. The third-order valence-electron chi connectivity index (χ3n) is 3.10. The summed E-state index contributed by atoms with van der Waals surface area (Å²) in [7, 11) is 0. The van der Waals surface area contributed by atoms with E-state index in [-0.39, 0.29) is 12.1 Å². The van der Waals surface area contributed by atoms with E-state index in [1.807, 2.05) is 0 Å². The minimum Gasteiger partial charge on any atom is -0.467 e. The number of fused-ring (bicyclic) bond motifs is 1. The first-order chi connectivity index (χ1) is 10.1. The van der Waals surface area contributed by atoms with Gasteiger partial charge in [-0.2, -0.15) is 0 Å². The number of carbonyl (C=O) groups excluding carboxylic acids is 2. The summed E-state index contributed by atoms with van der Waals surface area (Å²) in [6.07, 6.45) is 2.89. The zero-order valence-corrected chi connectivity index (χ0v) is 10.9. The summed E-state index contributed by atoms with van der Waals surface area (Å²) < 4.78 is 18.2. The molecule has 0 spiro atoms. The van der Waals surface area contributed by atoms with Gasteiger partial charge in [-0.25, -0.2) is 4.39 Å². The number of amides is 1. The summed E-state index contributed by atoms with van der Waals surface area (Å²) in [5, 5.41) is 2.99. The van der Waals surface area contributed by atoms with Gasteiger partial charge in [0.1, 0.15) is 11.6 Å². The Morgan fingerprint density at radius 3 is 2.90 bits per heavy atom. The molecule has 0 saturated carbocycles. The van der Waals surface area contributed by atoms with E-state index in [9.17, 15) is 14.0 Å². The molecule has 0 aliphatic carbocycles. The average molecular weight is 286 g/mol. The van der Waals surface area contributed by atoms with Crippen LogP contribution in [0.1, 0.15) is 16.1 Å². The standard InChI is InChI=1S/C15H11FN2O3/c16-9-3-4-11-12(8-17-13(11)6-9)14(19)15(20)18-7-10-2-1-5-21-10/h1-6,8,17H,7H2,(H,18,20). The van der Waals surface area contributed by atoms with Gasteiger partial charge in [0.05, 0.1) is 18.4 Å². The number of Topliss-reactive ketones (excluding diaryl/α,β-unsaturated/α-hetero) is 1. The average Bonchev–Trinajstić information content (AvgIpc) is 3.12. The smallest absolute Gasteiger partial charge is 0.292 e. The summed E-state index contributed by atoms with van der Waals surface area (Å²) in [4.78, 5) is 26.7. The molecule has 1 aromatic carbocycles. The summed E-state index contributed by atoms with van der Waals surface area (Å²) in [6, 6.07) is 7.37. The first-order valence-corrected chi connectivity index (χ1v) is 6.26. The number of ketones is 1. The maximum atomic E-state index is 13.1. The number of rotatable bonds is 4. The molecule has 0 radical (unpaired) electrons. The van der Waals surface area contributed by atoms with E-state index < -0.39 is 17.5 Å². The molecule has 0 unspecified atom stereocenters. The van der Waals surface area contributed by atoms with Gasteiger partial charge in [0.15, 0.2) is 0 Å². The first kappa shape index (κ1) is 13.1. The normalized spacial score (nSPS) is 10.7. The highest BCUT2D eigenvalue weighted by molar-refractivity contribution is 6.44. The number of benzene rings is 1. The number of nitrogens with one attached hydrogen (secondary N) is 2. The minimum absolute atomic E-state index is 0.133. The van der Waals surface area contributed by atoms with E-state index in [0.29, 0.717) is 16.7 Å². The second kappa shape index (κ2) is 5.24. The van der Waals surface area contributed by atoms with E-state index in [4.69, 9.17) is 4.42 Å². The van der Waals surface area contributed by atoms with Crippen molar-refractivity contribution in [1.29, 1.82) is 0 Å². The van der Waals surface area contributed by atoms with E-state index in [0.717, 1.165) is 0 Å². The monoisotopic (exact) mass is 286 g/mol. The molecule has 3 aromatic rings. The number of carbonyl (C=O) groups is 2. The molecule has 0 aliphatic rings. The van der Waals surface area contributed by atoms with Gasteiger partial charge in [-0.05, 0) is 30.3 Å². The highest BCUT2D eigenvalue weighted by atomic mass is 19.1. The largest absolute Gasteiger partial charge is 0.467 e. The van der Waals surface area contributed by atoms with Crippen LogP contribution in [0.25, 0.3) is 10.9 Å². The number of halogens is 1. The van der Waals surface area contributed by atoms with Crippen molar-refractivity contribution in [2.45, 2.75) is 6.54 Å². The lowest BCUT2D eigenvalue weighted by Crippen LogP contribution is -2.30. The Morgan fingerprint density at radius 1 is 1.29 bits per heavy atom. The van der Waals surface area contributed by atoms with Crippen LogP contribution in [0.2, 0.25) is 0 Å². The van der Waals surface area contributed by atoms with Crippen molar-refractivity contribution in [2.75, 3.05) is 0 Å². The molecule has 3 rings (SSSR count). The number of hydrogen-bond donors (Lipinski definition) is 2. The zero-order valence-electron chi connectivity index (χ0n) is 10.9. The molecule has 0 bridgehead atoms. The van der Waals surface area contributed by atoms with Gasteiger partial charge < -0.3 is 14.7 Å². The Kier molecular flexibility index (Phi) is 3.27. The lowest BCUT2D eigenvalue weighted by molar-refractivity contribution is -0.117. The molecule has 21 heavy (non-hydrogen) atoms. The van der Waals surface area contributed by atoms with E-state index in [1.54, 1.807) is 12.1 Å². The molecule has 5 nitrogen and oxygen atoms in total. The van der Waals surface area contributed by atoms with Crippen molar-refractivity contribution >= 4 is 22.6 Å². The molecule has 0 atom stereocenters. The van der Waals surface area contributed by atoms with Crippen LogP contribution in [0.15, 0.2) is 47.2 Å². The van der Waals surface area contributed by atoms with Crippen molar-refractivity contribution in [3.8, 4) is 0 Å². The van der Waals surface area contributed by atoms with E-state index in [2.05, 4.69) is 10.3 Å².